The third-order valence-electron chi connectivity index (χ3n) is 7.24. The molecule has 0 amide bonds. The van der Waals surface area contributed by atoms with Crippen LogP contribution in [0.15, 0.2) is 0 Å². The quantitative estimate of drug-likeness (QED) is 0.456. The van der Waals surface area contributed by atoms with Gasteiger partial charge in [0.25, 0.3) is 0 Å². The van der Waals surface area contributed by atoms with Gasteiger partial charge in [-0.05, 0) is 37.9 Å². The third-order valence-corrected chi connectivity index (χ3v) is 11.7. The molecule has 0 spiro atoms. The van der Waals surface area contributed by atoms with Crippen molar-refractivity contribution < 1.29 is 23.4 Å². The molecule has 4 rings (SSSR count). The molecule has 4 saturated heterocycles. The van der Waals surface area contributed by atoms with Gasteiger partial charge < -0.3 is 23.4 Å². The van der Waals surface area contributed by atoms with Crippen LogP contribution >= 0.6 is 0 Å². The summed E-state index contributed by atoms with van der Waals surface area (Å²) < 4.78 is 30.1. The van der Waals surface area contributed by atoms with E-state index in [1.54, 1.807) is 0 Å². The van der Waals surface area contributed by atoms with Gasteiger partial charge in [-0.2, -0.15) is 0 Å². The van der Waals surface area contributed by atoms with E-state index in [0.29, 0.717) is 36.6 Å². The Kier molecular flexibility index (Phi) is 5.54. The van der Waals surface area contributed by atoms with Gasteiger partial charge in [-0.1, -0.05) is 20.8 Å². The Morgan fingerprint density at radius 2 is 1.37 bits per heavy atom. The first-order valence-corrected chi connectivity index (χ1v) is 13.8. The fourth-order valence-electron chi connectivity index (χ4n) is 4.07. The molecule has 8 atom stereocenters. The van der Waals surface area contributed by atoms with Crippen LogP contribution in [0.3, 0.4) is 0 Å². The van der Waals surface area contributed by atoms with Crippen LogP contribution in [-0.2, 0) is 23.4 Å². The molecule has 0 aromatic rings. The van der Waals surface area contributed by atoms with Gasteiger partial charge >= 0.3 is 0 Å². The number of hydrogen-bond acceptors (Lipinski definition) is 5. The lowest BCUT2D eigenvalue weighted by Gasteiger charge is -2.42. The summed E-state index contributed by atoms with van der Waals surface area (Å²) in [6.45, 7) is 14.6. The van der Waals surface area contributed by atoms with Crippen molar-refractivity contribution in [3.63, 3.8) is 0 Å². The fourth-order valence-corrected chi connectivity index (χ4v) is 5.45. The van der Waals surface area contributed by atoms with E-state index in [9.17, 15) is 0 Å². The maximum Gasteiger partial charge on any atom is 0.192 e. The zero-order chi connectivity index (χ0) is 19.4. The van der Waals surface area contributed by atoms with Crippen LogP contribution in [0.4, 0.5) is 0 Å². The number of ether oxygens (including phenoxy) is 4. The Morgan fingerprint density at radius 3 is 1.89 bits per heavy atom. The summed E-state index contributed by atoms with van der Waals surface area (Å²) in [5.41, 5.74) is 0. The fraction of sp³-hybridized carbons (Fsp3) is 1.00. The van der Waals surface area contributed by atoms with Crippen LogP contribution in [0.2, 0.25) is 18.1 Å². The Hall–Kier alpha value is 0.0169. The number of hydrogen-bond donors (Lipinski definition) is 0. The molecule has 27 heavy (non-hydrogen) atoms. The molecule has 0 unspecified atom stereocenters. The smallest absolute Gasteiger partial charge is 0.192 e. The number of epoxide rings is 3. The highest BCUT2D eigenvalue weighted by Crippen LogP contribution is 2.43. The van der Waals surface area contributed by atoms with Crippen molar-refractivity contribution in [1.82, 2.24) is 0 Å². The molecular weight excluding hydrogens is 360 g/mol. The van der Waals surface area contributed by atoms with Crippen LogP contribution in [0.5, 0.6) is 0 Å². The highest BCUT2D eigenvalue weighted by molar-refractivity contribution is 6.74. The maximum atomic E-state index is 6.71. The first kappa shape index (κ1) is 20.3. The standard InChI is InChI=1S/C21H38O5Si/c1-13-15(23-13)10-17-19(24-17)12-20-18(25-20)11-16-14(8-7-9-22-16)26-27(5,6)21(2,3)4/h13-20H,7-12H2,1-6H3/t13-,14-,15-,16+,17-,18-,19-,20-/m1/s1. The summed E-state index contributed by atoms with van der Waals surface area (Å²) in [4.78, 5) is 0. The summed E-state index contributed by atoms with van der Waals surface area (Å²) in [6, 6.07) is 0. The minimum Gasteiger partial charge on any atom is -0.411 e. The van der Waals surface area contributed by atoms with Gasteiger partial charge in [0, 0.05) is 25.9 Å². The SMILES string of the molecule is C[C@H]1O[C@@H]1C[C@H]1O[C@@H]1C[C@H]1O[C@@H]1C[C@@H]1OCCC[C@H]1O[Si](C)(C)C(C)(C)C. The lowest BCUT2D eigenvalue weighted by Crippen LogP contribution is -2.49. The zero-order valence-corrected chi connectivity index (χ0v) is 18.9. The molecule has 0 saturated carbocycles. The maximum absolute atomic E-state index is 6.71. The van der Waals surface area contributed by atoms with Crippen molar-refractivity contribution in [2.24, 2.45) is 0 Å². The van der Waals surface area contributed by atoms with Gasteiger partial charge in [-0.15, -0.1) is 0 Å². The Morgan fingerprint density at radius 1 is 0.852 bits per heavy atom. The average molecular weight is 399 g/mol. The van der Waals surface area contributed by atoms with E-state index in [-0.39, 0.29) is 17.2 Å². The first-order valence-electron chi connectivity index (χ1n) is 10.9. The van der Waals surface area contributed by atoms with Gasteiger partial charge in [-0.3, -0.25) is 0 Å². The highest BCUT2D eigenvalue weighted by atomic mass is 28.4. The van der Waals surface area contributed by atoms with Gasteiger partial charge in [-0.25, -0.2) is 0 Å². The molecule has 0 aromatic heterocycles. The predicted octanol–water partition coefficient (Wildman–Crippen LogP) is 4.05. The van der Waals surface area contributed by atoms with Crippen molar-refractivity contribution in [3.8, 4) is 0 Å². The molecule has 5 nitrogen and oxygen atoms in total. The lowest BCUT2D eigenvalue weighted by molar-refractivity contribution is -0.0732. The van der Waals surface area contributed by atoms with E-state index < -0.39 is 8.32 Å². The first-order chi connectivity index (χ1) is 12.6. The molecular formula is C21H38O5Si. The van der Waals surface area contributed by atoms with Crippen LogP contribution in [0.1, 0.15) is 59.8 Å². The molecule has 0 bridgehead atoms. The normalized spacial score (nSPS) is 44.2. The van der Waals surface area contributed by atoms with Gasteiger partial charge in [0.05, 0.1) is 48.8 Å². The van der Waals surface area contributed by atoms with Crippen molar-refractivity contribution in [2.45, 2.75) is 127 Å². The second-order valence-electron chi connectivity index (χ2n) is 10.5. The molecule has 4 aliphatic rings. The molecule has 6 heteroatoms. The van der Waals surface area contributed by atoms with Crippen molar-refractivity contribution in [1.29, 1.82) is 0 Å². The monoisotopic (exact) mass is 398 g/mol. The second-order valence-corrected chi connectivity index (χ2v) is 15.2. The molecule has 4 aliphatic heterocycles. The highest BCUT2D eigenvalue weighted by Gasteiger charge is 2.52. The van der Waals surface area contributed by atoms with Crippen LogP contribution in [0.25, 0.3) is 0 Å². The summed E-state index contributed by atoms with van der Waals surface area (Å²) >= 11 is 0. The van der Waals surface area contributed by atoms with Crippen molar-refractivity contribution >= 4 is 8.32 Å². The minimum atomic E-state index is -1.78. The van der Waals surface area contributed by atoms with E-state index in [0.717, 1.165) is 38.7 Å². The van der Waals surface area contributed by atoms with E-state index in [4.69, 9.17) is 23.4 Å². The van der Waals surface area contributed by atoms with Crippen LogP contribution in [0, 0.1) is 0 Å². The van der Waals surface area contributed by atoms with Gasteiger partial charge in [0.2, 0.25) is 0 Å². The molecule has 156 valence electrons. The van der Waals surface area contributed by atoms with E-state index in [1.807, 2.05) is 0 Å². The Balaban J connectivity index is 1.21. The number of rotatable bonds is 8. The largest absolute Gasteiger partial charge is 0.411 e. The average Bonchev–Trinajstić information content (AvgIpc) is 3.49. The lowest BCUT2D eigenvalue weighted by atomic mass is 9.99. The van der Waals surface area contributed by atoms with Crippen LogP contribution in [-0.4, -0.2) is 63.8 Å². The van der Waals surface area contributed by atoms with E-state index in [2.05, 4.69) is 40.8 Å². The molecule has 0 radical (unpaired) electrons. The second kappa shape index (κ2) is 7.37. The van der Waals surface area contributed by atoms with Gasteiger partial charge in [0.15, 0.2) is 8.32 Å². The molecule has 0 aromatic carbocycles. The summed E-state index contributed by atoms with van der Waals surface area (Å²) in [7, 11) is -1.78. The topological polar surface area (TPSA) is 56.0 Å². The Labute approximate surface area is 165 Å². The molecule has 4 heterocycles. The van der Waals surface area contributed by atoms with Gasteiger partial charge in [0.1, 0.15) is 0 Å². The van der Waals surface area contributed by atoms with Crippen LogP contribution < -0.4 is 0 Å². The minimum absolute atomic E-state index is 0.180. The summed E-state index contributed by atoms with van der Waals surface area (Å²) in [5.74, 6) is 0. The van der Waals surface area contributed by atoms with Crippen molar-refractivity contribution in [3.05, 3.63) is 0 Å². The Bertz CT molecular complexity index is 533. The van der Waals surface area contributed by atoms with E-state index in [1.165, 1.54) is 0 Å². The molecule has 0 N–H and O–H groups in total. The van der Waals surface area contributed by atoms with Crippen molar-refractivity contribution in [2.75, 3.05) is 6.61 Å². The third kappa shape index (κ3) is 4.96. The predicted molar refractivity (Wildman–Crippen MR) is 107 cm³/mol. The molecule has 4 fully saturated rings. The van der Waals surface area contributed by atoms with E-state index >= 15 is 0 Å². The molecule has 0 aliphatic carbocycles. The summed E-state index contributed by atoms with van der Waals surface area (Å²) in [6.07, 6.45) is 7.96. The summed E-state index contributed by atoms with van der Waals surface area (Å²) in [5, 5.41) is 0.231. The zero-order valence-electron chi connectivity index (χ0n) is 17.9.